The highest BCUT2D eigenvalue weighted by Crippen LogP contribution is 2.16. The average molecular weight is 423 g/mol. The van der Waals surface area contributed by atoms with Crippen molar-refractivity contribution in [1.82, 2.24) is 14.9 Å². The monoisotopic (exact) mass is 422 g/mol. The third-order valence-corrected chi connectivity index (χ3v) is 6.37. The van der Waals surface area contributed by atoms with E-state index < -0.39 is 10.0 Å². The van der Waals surface area contributed by atoms with E-state index in [9.17, 15) is 18.0 Å². The number of carbonyl (C=O) groups is 2. The highest BCUT2D eigenvalue weighted by Gasteiger charge is 2.23. The average Bonchev–Trinajstić information content (AvgIpc) is 2.70. The van der Waals surface area contributed by atoms with Gasteiger partial charge in [-0.05, 0) is 56.1 Å². The second-order valence-corrected chi connectivity index (χ2v) is 8.86. The zero-order valence-electron chi connectivity index (χ0n) is 16.8. The van der Waals surface area contributed by atoms with E-state index >= 15 is 0 Å². The van der Waals surface area contributed by atoms with Gasteiger partial charge in [-0.2, -0.15) is 0 Å². The van der Waals surface area contributed by atoms with E-state index in [0.29, 0.717) is 19.6 Å². The third-order valence-electron chi connectivity index (χ3n) is 4.81. The van der Waals surface area contributed by atoms with Crippen LogP contribution in [0.15, 0.2) is 35.2 Å². The van der Waals surface area contributed by atoms with Crippen LogP contribution in [0.2, 0.25) is 0 Å². The Morgan fingerprint density at radius 3 is 2.66 bits per heavy atom. The summed E-state index contributed by atoms with van der Waals surface area (Å²) < 4.78 is 26.2. The van der Waals surface area contributed by atoms with Crippen molar-refractivity contribution in [3.8, 4) is 0 Å². The lowest BCUT2D eigenvalue weighted by atomic mass is 9.97. The van der Waals surface area contributed by atoms with Gasteiger partial charge in [0.2, 0.25) is 21.8 Å². The van der Waals surface area contributed by atoms with E-state index in [-0.39, 0.29) is 22.6 Å². The van der Waals surface area contributed by atoms with Gasteiger partial charge in [-0.15, -0.1) is 0 Å². The van der Waals surface area contributed by atoms with Crippen molar-refractivity contribution in [3.63, 3.8) is 0 Å². The highest BCUT2D eigenvalue weighted by atomic mass is 32.2. The molecule has 1 aromatic carbocycles. The Balaban J connectivity index is 1.72. The van der Waals surface area contributed by atoms with E-state index in [2.05, 4.69) is 14.9 Å². The van der Waals surface area contributed by atoms with Gasteiger partial charge < -0.3 is 16.0 Å². The summed E-state index contributed by atoms with van der Waals surface area (Å²) in [6.45, 7) is 5.06. The fourth-order valence-electron chi connectivity index (χ4n) is 3.27. The lowest BCUT2D eigenvalue weighted by Crippen LogP contribution is -2.42. The molecule has 1 aliphatic heterocycles. The van der Waals surface area contributed by atoms with Crippen molar-refractivity contribution in [2.75, 3.05) is 32.7 Å². The summed E-state index contributed by atoms with van der Waals surface area (Å²) in [7, 11) is -3.47. The van der Waals surface area contributed by atoms with Crippen LogP contribution >= 0.6 is 0 Å². The SMILES string of the molecule is CCNS(=O)(=O)c1ccc(/C=C/C(=O)NCCCN2CCCC(C(N)=O)C2)cc1. The van der Waals surface area contributed by atoms with Crippen molar-refractivity contribution in [1.29, 1.82) is 0 Å². The number of nitrogens with zero attached hydrogens (tertiary/aromatic N) is 1. The highest BCUT2D eigenvalue weighted by molar-refractivity contribution is 7.89. The van der Waals surface area contributed by atoms with Gasteiger partial charge in [-0.25, -0.2) is 13.1 Å². The number of rotatable bonds is 10. The van der Waals surface area contributed by atoms with Crippen LogP contribution in [0.5, 0.6) is 0 Å². The molecular formula is C20H30N4O4S. The molecule has 1 saturated heterocycles. The van der Waals surface area contributed by atoms with E-state index in [1.807, 2.05) is 0 Å². The molecule has 9 heteroatoms. The molecule has 2 amide bonds. The van der Waals surface area contributed by atoms with Gasteiger partial charge >= 0.3 is 0 Å². The number of sulfonamides is 1. The van der Waals surface area contributed by atoms with Crippen molar-refractivity contribution in [3.05, 3.63) is 35.9 Å². The molecule has 1 aliphatic rings. The van der Waals surface area contributed by atoms with E-state index in [1.54, 1.807) is 25.1 Å². The van der Waals surface area contributed by atoms with Crippen LogP contribution < -0.4 is 15.8 Å². The molecular weight excluding hydrogens is 392 g/mol. The lowest BCUT2D eigenvalue weighted by molar-refractivity contribution is -0.123. The van der Waals surface area contributed by atoms with Crippen molar-refractivity contribution in [2.24, 2.45) is 11.7 Å². The summed E-state index contributed by atoms with van der Waals surface area (Å²) in [5, 5.41) is 2.83. The van der Waals surface area contributed by atoms with Crippen LogP contribution in [0.25, 0.3) is 6.08 Å². The predicted molar refractivity (Wildman–Crippen MR) is 112 cm³/mol. The summed E-state index contributed by atoms with van der Waals surface area (Å²) in [6.07, 6.45) is 5.69. The molecule has 1 aromatic rings. The van der Waals surface area contributed by atoms with Crippen molar-refractivity contribution in [2.45, 2.75) is 31.1 Å². The van der Waals surface area contributed by atoms with E-state index in [1.165, 1.54) is 18.2 Å². The number of hydrogen-bond acceptors (Lipinski definition) is 5. The zero-order valence-corrected chi connectivity index (χ0v) is 17.6. The molecule has 1 fully saturated rings. The third kappa shape index (κ3) is 7.60. The summed E-state index contributed by atoms with van der Waals surface area (Å²) >= 11 is 0. The Kier molecular flexibility index (Phi) is 8.81. The molecule has 1 atom stereocenters. The molecule has 0 aliphatic carbocycles. The standard InChI is InChI=1S/C20H30N4O4S/c1-2-23-29(27,28)18-9-6-16(7-10-18)8-11-19(25)22-12-4-14-24-13-3-5-17(15-24)20(21)26/h6-11,17,23H,2-5,12-15H2,1H3,(H2,21,26)(H,22,25)/b11-8+. The van der Waals surface area contributed by atoms with Crippen LogP contribution in [0.3, 0.4) is 0 Å². The first-order valence-electron chi connectivity index (χ1n) is 9.89. The maximum atomic E-state index is 11.9. The number of piperidine rings is 1. The lowest BCUT2D eigenvalue weighted by Gasteiger charge is -2.31. The fourth-order valence-corrected chi connectivity index (χ4v) is 4.31. The molecule has 0 radical (unpaired) electrons. The number of likely N-dealkylation sites (tertiary alicyclic amines) is 1. The summed E-state index contributed by atoms with van der Waals surface area (Å²) in [5.41, 5.74) is 6.12. The topological polar surface area (TPSA) is 122 Å². The summed E-state index contributed by atoms with van der Waals surface area (Å²) in [6, 6.07) is 6.32. The Morgan fingerprint density at radius 1 is 1.28 bits per heavy atom. The first-order chi connectivity index (χ1) is 13.8. The summed E-state index contributed by atoms with van der Waals surface area (Å²) in [5.74, 6) is -0.510. The normalized spacial score (nSPS) is 18.0. The van der Waals surface area contributed by atoms with Gasteiger partial charge in [0.05, 0.1) is 10.8 Å². The molecule has 2 rings (SSSR count). The van der Waals surface area contributed by atoms with E-state index in [0.717, 1.165) is 37.9 Å². The fraction of sp³-hybridized carbons (Fsp3) is 0.500. The number of nitrogens with one attached hydrogen (secondary N) is 2. The number of carbonyl (C=O) groups excluding carboxylic acids is 2. The minimum atomic E-state index is -3.47. The van der Waals surface area contributed by atoms with Crippen LogP contribution in [0.4, 0.5) is 0 Å². The quantitative estimate of drug-likeness (QED) is 0.379. The number of amides is 2. The molecule has 160 valence electrons. The Bertz CT molecular complexity index is 821. The Hall–Kier alpha value is -2.23. The van der Waals surface area contributed by atoms with Gasteiger partial charge in [0.1, 0.15) is 0 Å². The first kappa shape index (κ1) is 23.1. The maximum absolute atomic E-state index is 11.9. The zero-order chi connectivity index (χ0) is 21.3. The molecule has 1 heterocycles. The smallest absolute Gasteiger partial charge is 0.243 e. The molecule has 8 nitrogen and oxygen atoms in total. The Labute approximate surface area is 172 Å². The van der Waals surface area contributed by atoms with E-state index in [4.69, 9.17) is 5.73 Å². The largest absolute Gasteiger partial charge is 0.369 e. The van der Waals surface area contributed by atoms with Crippen LogP contribution in [-0.4, -0.2) is 57.9 Å². The van der Waals surface area contributed by atoms with Crippen LogP contribution in [-0.2, 0) is 19.6 Å². The number of primary amides is 1. The first-order valence-corrected chi connectivity index (χ1v) is 11.4. The molecule has 0 spiro atoms. The van der Waals surface area contributed by atoms with Gasteiger partial charge in [0, 0.05) is 25.7 Å². The van der Waals surface area contributed by atoms with Crippen LogP contribution in [0.1, 0.15) is 31.7 Å². The molecule has 0 aromatic heterocycles. The van der Waals surface area contributed by atoms with Gasteiger partial charge in [-0.1, -0.05) is 19.1 Å². The predicted octanol–water partition coefficient (Wildman–Crippen LogP) is 0.702. The molecule has 29 heavy (non-hydrogen) atoms. The minimum absolute atomic E-state index is 0.0691. The molecule has 0 saturated carbocycles. The Morgan fingerprint density at radius 2 is 2.00 bits per heavy atom. The number of hydrogen-bond donors (Lipinski definition) is 3. The maximum Gasteiger partial charge on any atom is 0.243 e. The van der Waals surface area contributed by atoms with Crippen LogP contribution in [0, 0.1) is 5.92 Å². The number of benzene rings is 1. The second kappa shape index (κ2) is 11.1. The summed E-state index contributed by atoms with van der Waals surface area (Å²) in [4.78, 5) is 25.6. The number of nitrogens with two attached hydrogens (primary N) is 1. The molecule has 4 N–H and O–H groups in total. The minimum Gasteiger partial charge on any atom is -0.369 e. The van der Waals surface area contributed by atoms with Crippen molar-refractivity contribution < 1.29 is 18.0 Å². The van der Waals surface area contributed by atoms with Crippen molar-refractivity contribution >= 4 is 27.9 Å². The van der Waals surface area contributed by atoms with Gasteiger partial charge in [-0.3, -0.25) is 9.59 Å². The van der Waals surface area contributed by atoms with Gasteiger partial charge in [0.25, 0.3) is 0 Å². The van der Waals surface area contributed by atoms with Gasteiger partial charge in [0.15, 0.2) is 0 Å². The molecule has 1 unspecified atom stereocenters. The second-order valence-electron chi connectivity index (χ2n) is 7.09. The molecule has 0 bridgehead atoms.